The van der Waals surface area contributed by atoms with Crippen LogP contribution in [0.4, 0.5) is 5.82 Å². The van der Waals surface area contributed by atoms with Crippen LogP contribution in [-0.4, -0.2) is 39.8 Å². The first kappa shape index (κ1) is 13.7. The molecule has 0 spiro atoms. The lowest BCUT2D eigenvalue weighted by molar-refractivity contribution is -0.0976. The average molecular weight is 265 g/mol. The Morgan fingerprint density at radius 2 is 2.26 bits per heavy atom. The summed E-state index contributed by atoms with van der Waals surface area (Å²) >= 11 is 0. The van der Waals surface area contributed by atoms with Crippen LogP contribution in [0.5, 0.6) is 0 Å². The minimum absolute atomic E-state index is 0.0309. The summed E-state index contributed by atoms with van der Waals surface area (Å²) in [6.45, 7) is 7.00. The molecule has 2 rings (SSSR count). The van der Waals surface area contributed by atoms with Crippen LogP contribution in [0.25, 0.3) is 0 Å². The van der Waals surface area contributed by atoms with Gasteiger partial charge in [-0.25, -0.2) is 14.8 Å². The zero-order valence-electron chi connectivity index (χ0n) is 11.4. The summed E-state index contributed by atoms with van der Waals surface area (Å²) in [5.74, 6) is -0.475. The van der Waals surface area contributed by atoms with Crippen molar-refractivity contribution < 1.29 is 14.6 Å². The zero-order chi connectivity index (χ0) is 14.0. The van der Waals surface area contributed by atoms with Gasteiger partial charge in [0.05, 0.1) is 18.5 Å². The SMILES string of the molecule is CCOC1CC(Nc2cnc(C(=O)O)cn2)C1(C)C. The van der Waals surface area contributed by atoms with Crippen LogP contribution in [-0.2, 0) is 4.74 Å². The number of hydrogen-bond donors (Lipinski definition) is 2. The Labute approximate surface area is 112 Å². The van der Waals surface area contributed by atoms with Crippen molar-refractivity contribution in [2.75, 3.05) is 11.9 Å². The van der Waals surface area contributed by atoms with Gasteiger partial charge in [0.1, 0.15) is 5.82 Å². The molecule has 0 saturated heterocycles. The van der Waals surface area contributed by atoms with Crippen LogP contribution in [0.2, 0.25) is 0 Å². The number of rotatable bonds is 5. The maximum atomic E-state index is 10.7. The summed E-state index contributed by atoms with van der Waals surface area (Å²) in [5.41, 5.74) is -0.0194. The van der Waals surface area contributed by atoms with Crippen LogP contribution in [0.15, 0.2) is 12.4 Å². The van der Waals surface area contributed by atoms with E-state index >= 15 is 0 Å². The molecule has 104 valence electrons. The van der Waals surface area contributed by atoms with Crippen LogP contribution in [0, 0.1) is 5.41 Å². The van der Waals surface area contributed by atoms with Crippen molar-refractivity contribution in [1.82, 2.24) is 9.97 Å². The number of anilines is 1. The minimum atomic E-state index is -1.07. The van der Waals surface area contributed by atoms with Crippen molar-refractivity contribution in [2.45, 2.75) is 39.3 Å². The second-order valence-electron chi connectivity index (χ2n) is 5.29. The fourth-order valence-corrected chi connectivity index (χ4v) is 2.31. The molecule has 0 radical (unpaired) electrons. The number of nitrogens with zero attached hydrogens (tertiary/aromatic N) is 2. The molecular weight excluding hydrogens is 246 g/mol. The summed E-state index contributed by atoms with van der Waals surface area (Å²) in [6.07, 6.45) is 3.88. The minimum Gasteiger partial charge on any atom is -0.476 e. The van der Waals surface area contributed by atoms with Gasteiger partial charge < -0.3 is 15.2 Å². The lowest BCUT2D eigenvalue weighted by Crippen LogP contribution is -2.58. The summed E-state index contributed by atoms with van der Waals surface area (Å²) < 4.78 is 5.66. The molecule has 6 nitrogen and oxygen atoms in total. The number of aromatic nitrogens is 2. The maximum absolute atomic E-state index is 10.7. The molecule has 0 aromatic carbocycles. The third kappa shape index (κ3) is 2.68. The van der Waals surface area contributed by atoms with Crippen molar-refractivity contribution >= 4 is 11.8 Å². The number of hydrogen-bond acceptors (Lipinski definition) is 5. The second kappa shape index (κ2) is 5.13. The quantitative estimate of drug-likeness (QED) is 0.844. The lowest BCUT2D eigenvalue weighted by Gasteiger charge is -2.51. The second-order valence-corrected chi connectivity index (χ2v) is 5.29. The van der Waals surface area contributed by atoms with Crippen molar-refractivity contribution in [3.8, 4) is 0 Å². The standard InChI is InChI=1S/C13H19N3O3/c1-4-19-10-5-9(13(10,2)3)16-11-7-14-8(6-15-11)12(17)18/h6-7,9-10H,4-5H2,1-3H3,(H,15,16)(H,17,18). The highest BCUT2D eigenvalue weighted by Gasteiger charge is 2.49. The van der Waals surface area contributed by atoms with Gasteiger partial charge in [0.15, 0.2) is 5.69 Å². The highest BCUT2D eigenvalue weighted by molar-refractivity contribution is 5.84. The highest BCUT2D eigenvalue weighted by atomic mass is 16.5. The molecule has 1 aliphatic carbocycles. The van der Waals surface area contributed by atoms with Crippen molar-refractivity contribution in [1.29, 1.82) is 0 Å². The molecule has 0 bridgehead atoms. The Hall–Kier alpha value is -1.69. The van der Waals surface area contributed by atoms with E-state index in [-0.39, 0.29) is 23.3 Å². The van der Waals surface area contributed by atoms with E-state index in [1.54, 1.807) is 0 Å². The Bertz CT molecular complexity index is 459. The Morgan fingerprint density at radius 1 is 1.53 bits per heavy atom. The molecule has 0 aliphatic heterocycles. The topological polar surface area (TPSA) is 84.3 Å². The van der Waals surface area contributed by atoms with Crippen LogP contribution in [0.1, 0.15) is 37.7 Å². The van der Waals surface area contributed by atoms with E-state index in [1.807, 2.05) is 6.92 Å². The van der Waals surface area contributed by atoms with E-state index in [0.29, 0.717) is 12.4 Å². The van der Waals surface area contributed by atoms with Gasteiger partial charge in [-0.3, -0.25) is 0 Å². The first-order valence-corrected chi connectivity index (χ1v) is 6.38. The Balaban J connectivity index is 1.97. The van der Waals surface area contributed by atoms with Gasteiger partial charge in [-0.05, 0) is 13.3 Å². The van der Waals surface area contributed by atoms with Crippen molar-refractivity contribution in [3.63, 3.8) is 0 Å². The van der Waals surface area contributed by atoms with E-state index in [9.17, 15) is 4.79 Å². The molecule has 2 atom stereocenters. The average Bonchev–Trinajstić information content (AvgIpc) is 2.38. The molecule has 19 heavy (non-hydrogen) atoms. The maximum Gasteiger partial charge on any atom is 0.356 e. The monoisotopic (exact) mass is 265 g/mol. The predicted molar refractivity (Wildman–Crippen MR) is 70.2 cm³/mol. The predicted octanol–water partition coefficient (Wildman–Crippen LogP) is 1.79. The normalized spacial score (nSPS) is 24.6. The fourth-order valence-electron chi connectivity index (χ4n) is 2.31. The summed E-state index contributed by atoms with van der Waals surface area (Å²) in [5, 5.41) is 12.0. The highest BCUT2D eigenvalue weighted by Crippen LogP contribution is 2.44. The molecule has 1 fully saturated rings. The van der Waals surface area contributed by atoms with Crippen LogP contribution in [0.3, 0.4) is 0 Å². The van der Waals surface area contributed by atoms with E-state index in [4.69, 9.17) is 9.84 Å². The number of nitrogens with one attached hydrogen (secondary N) is 1. The molecule has 0 amide bonds. The van der Waals surface area contributed by atoms with Crippen LogP contribution < -0.4 is 5.32 Å². The molecular formula is C13H19N3O3. The van der Waals surface area contributed by atoms with Gasteiger partial charge in [-0.15, -0.1) is 0 Å². The van der Waals surface area contributed by atoms with Crippen molar-refractivity contribution in [3.05, 3.63) is 18.1 Å². The van der Waals surface area contributed by atoms with Gasteiger partial charge in [-0.2, -0.15) is 0 Å². The van der Waals surface area contributed by atoms with E-state index in [0.717, 1.165) is 6.42 Å². The van der Waals surface area contributed by atoms with E-state index < -0.39 is 5.97 Å². The largest absolute Gasteiger partial charge is 0.476 e. The summed E-state index contributed by atoms with van der Waals surface area (Å²) in [7, 11) is 0. The molecule has 2 N–H and O–H groups in total. The Morgan fingerprint density at radius 3 is 2.74 bits per heavy atom. The van der Waals surface area contributed by atoms with Crippen LogP contribution >= 0.6 is 0 Å². The molecule has 1 aliphatic rings. The van der Waals surface area contributed by atoms with Gasteiger partial charge >= 0.3 is 5.97 Å². The Kier molecular flexibility index (Phi) is 3.71. The fraction of sp³-hybridized carbons (Fsp3) is 0.615. The van der Waals surface area contributed by atoms with E-state index in [1.165, 1.54) is 12.4 Å². The third-order valence-corrected chi connectivity index (χ3v) is 3.74. The first-order valence-electron chi connectivity index (χ1n) is 6.38. The molecule has 1 aromatic heterocycles. The summed E-state index contributed by atoms with van der Waals surface area (Å²) in [4.78, 5) is 18.6. The summed E-state index contributed by atoms with van der Waals surface area (Å²) in [6, 6.07) is 0.258. The van der Waals surface area contributed by atoms with E-state index in [2.05, 4.69) is 29.1 Å². The number of carbonyl (C=O) groups is 1. The number of carboxylic acids is 1. The molecule has 1 saturated carbocycles. The zero-order valence-corrected chi connectivity index (χ0v) is 11.4. The third-order valence-electron chi connectivity index (χ3n) is 3.74. The van der Waals surface area contributed by atoms with Gasteiger partial charge in [-0.1, -0.05) is 13.8 Å². The lowest BCUT2D eigenvalue weighted by atomic mass is 9.64. The number of ether oxygens (including phenoxy) is 1. The molecule has 1 aromatic rings. The molecule has 6 heteroatoms. The van der Waals surface area contributed by atoms with Gasteiger partial charge in [0, 0.05) is 18.1 Å². The number of aromatic carboxylic acids is 1. The smallest absolute Gasteiger partial charge is 0.356 e. The van der Waals surface area contributed by atoms with Crippen molar-refractivity contribution in [2.24, 2.45) is 5.41 Å². The van der Waals surface area contributed by atoms with Gasteiger partial charge in [0.25, 0.3) is 0 Å². The number of carboxylic acid groups (broad SMARTS) is 1. The van der Waals surface area contributed by atoms with Gasteiger partial charge in [0.2, 0.25) is 0 Å². The first-order chi connectivity index (χ1) is 8.95. The molecule has 2 unspecified atom stereocenters. The molecule has 1 heterocycles.